The molecule has 0 radical (unpaired) electrons. The van der Waals surface area contributed by atoms with Gasteiger partial charge in [0.25, 0.3) is 0 Å². The third-order valence-corrected chi connectivity index (χ3v) is 9.90. The Morgan fingerprint density at radius 3 is 2.00 bits per heavy atom. The maximum absolute atomic E-state index is 5.41. The molecule has 0 spiro atoms. The van der Waals surface area contributed by atoms with Crippen molar-refractivity contribution < 1.29 is 0 Å². The average Bonchev–Trinajstić information content (AvgIpc) is 3.80. The molecule has 10 rings (SSSR count). The smallest absolute Gasteiger partial charge is 0.235 e. The van der Waals surface area contributed by atoms with Crippen LogP contribution in [0.1, 0.15) is 0 Å². The molecule has 10 aromatic rings. The highest BCUT2D eigenvalue weighted by molar-refractivity contribution is 7.17. The van der Waals surface area contributed by atoms with E-state index in [2.05, 4.69) is 154 Å². The highest BCUT2D eigenvalue weighted by Crippen LogP contribution is 2.40. The van der Waals surface area contributed by atoms with Crippen LogP contribution in [-0.4, -0.2) is 19.1 Å². The van der Waals surface area contributed by atoms with Crippen molar-refractivity contribution in [2.45, 2.75) is 0 Å². The van der Waals surface area contributed by atoms with Crippen molar-refractivity contribution in [3.8, 4) is 22.9 Å². The van der Waals surface area contributed by atoms with Gasteiger partial charge in [-0.1, -0.05) is 84.9 Å². The first-order valence-corrected chi connectivity index (χ1v) is 16.0. The molecule has 0 saturated carbocycles. The lowest BCUT2D eigenvalue weighted by Crippen LogP contribution is -2.03. The van der Waals surface area contributed by atoms with E-state index in [1.54, 1.807) is 11.3 Å². The number of benzene rings is 6. The fourth-order valence-electron chi connectivity index (χ4n) is 7.07. The van der Waals surface area contributed by atoms with Crippen molar-refractivity contribution in [3.63, 3.8) is 0 Å². The zero-order chi connectivity index (χ0) is 29.5. The van der Waals surface area contributed by atoms with E-state index in [-0.39, 0.29) is 0 Å². The quantitative estimate of drug-likeness (QED) is 0.205. The Hall–Kier alpha value is -5.78. The summed E-state index contributed by atoms with van der Waals surface area (Å²) < 4.78 is 5.87. The average molecular weight is 593 g/mol. The van der Waals surface area contributed by atoms with Gasteiger partial charge in [-0.2, -0.15) is 0 Å². The number of rotatable bonds is 3. The van der Waals surface area contributed by atoms with E-state index in [1.165, 1.54) is 42.7 Å². The molecule has 0 aliphatic rings. The summed E-state index contributed by atoms with van der Waals surface area (Å²) in [5.74, 6) is 0.681. The van der Waals surface area contributed by atoms with E-state index in [0.717, 1.165) is 38.9 Å². The number of para-hydroxylation sites is 4. The van der Waals surface area contributed by atoms with E-state index in [0.29, 0.717) is 5.95 Å². The van der Waals surface area contributed by atoms with Gasteiger partial charge < -0.3 is 4.57 Å². The Morgan fingerprint density at radius 1 is 0.467 bits per heavy atom. The molecule has 0 N–H and O–H groups in total. The van der Waals surface area contributed by atoms with Gasteiger partial charge in [0.15, 0.2) is 0 Å². The zero-order valence-corrected chi connectivity index (χ0v) is 24.9. The molecule has 210 valence electrons. The lowest BCUT2D eigenvalue weighted by Gasteiger charge is -2.12. The van der Waals surface area contributed by atoms with Gasteiger partial charge >= 0.3 is 0 Å². The normalized spacial score (nSPS) is 12.0. The molecule has 0 aliphatic heterocycles. The van der Waals surface area contributed by atoms with E-state index in [4.69, 9.17) is 9.97 Å². The molecular formula is C40H24N4S. The van der Waals surface area contributed by atoms with Crippen LogP contribution in [0.25, 0.3) is 87.5 Å². The topological polar surface area (TPSA) is 35.6 Å². The van der Waals surface area contributed by atoms with Crippen LogP contribution in [0.5, 0.6) is 0 Å². The van der Waals surface area contributed by atoms with Crippen molar-refractivity contribution in [3.05, 3.63) is 145 Å². The van der Waals surface area contributed by atoms with Crippen LogP contribution in [0.2, 0.25) is 0 Å². The maximum atomic E-state index is 5.41. The van der Waals surface area contributed by atoms with E-state index >= 15 is 0 Å². The van der Waals surface area contributed by atoms with Gasteiger partial charge in [-0.25, -0.2) is 9.97 Å². The molecule has 0 bridgehead atoms. The molecule has 5 heteroatoms. The lowest BCUT2D eigenvalue weighted by molar-refractivity contribution is 1.02. The minimum absolute atomic E-state index is 0.681. The van der Waals surface area contributed by atoms with Crippen LogP contribution in [0.4, 0.5) is 0 Å². The van der Waals surface area contributed by atoms with E-state index in [1.807, 2.05) is 0 Å². The van der Waals surface area contributed by atoms with Gasteiger partial charge in [-0.05, 0) is 60.0 Å². The molecule has 0 atom stereocenters. The Morgan fingerprint density at radius 2 is 1.16 bits per heavy atom. The second kappa shape index (κ2) is 9.36. The summed E-state index contributed by atoms with van der Waals surface area (Å²) in [5, 5.41) is 9.27. The van der Waals surface area contributed by atoms with E-state index < -0.39 is 0 Å². The number of aromatic nitrogens is 4. The van der Waals surface area contributed by atoms with Crippen LogP contribution in [0, 0.1) is 0 Å². The third kappa shape index (κ3) is 3.53. The predicted octanol–water partition coefficient (Wildman–Crippen LogP) is 10.7. The monoisotopic (exact) mass is 592 g/mol. The molecule has 4 nitrogen and oxygen atoms in total. The summed E-state index contributed by atoms with van der Waals surface area (Å²) in [5.41, 5.74) is 8.69. The summed E-state index contributed by atoms with van der Waals surface area (Å²) in [7, 11) is 0. The summed E-state index contributed by atoms with van der Waals surface area (Å²) in [6.07, 6.45) is 0. The molecule has 0 aliphatic carbocycles. The molecule has 45 heavy (non-hydrogen) atoms. The standard InChI is InChI=1S/C40H24N4S/c1-2-10-26(11-3-1)43-34-16-8-6-13-28(34)32-24-25(18-20-36(32)43)38-30-14-4-7-15-33(30)41-40(42-38)44-35-17-9-5-12-27(35)29-19-21-37-31(39(29)44)22-23-45-37/h1-24H. The Kier molecular flexibility index (Phi) is 5.12. The van der Waals surface area contributed by atoms with Crippen molar-refractivity contribution in [2.24, 2.45) is 0 Å². The summed E-state index contributed by atoms with van der Waals surface area (Å²) in [6.45, 7) is 0. The van der Waals surface area contributed by atoms with Gasteiger partial charge in [0.1, 0.15) is 0 Å². The van der Waals surface area contributed by atoms with Gasteiger partial charge in [0.05, 0.1) is 33.3 Å². The molecule has 4 heterocycles. The Bertz CT molecular complexity index is 2770. The van der Waals surface area contributed by atoms with Crippen LogP contribution in [-0.2, 0) is 0 Å². The zero-order valence-electron chi connectivity index (χ0n) is 24.1. The van der Waals surface area contributed by atoms with Gasteiger partial charge in [0, 0.05) is 48.3 Å². The maximum Gasteiger partial charge on any atom is 0.235 e. The first kappa shape index (κ1) is 24.6. The number of nitrogens with zero attached hydrogens (tertiary/aromatic N) is 4. The molecule has 0 saturated heterocycles. The predicted molar refractivity (Wildman–Crippen MR) is 189 cm³/mol. The molecule has 6 aromatic carbocycles. The SMILES string of the molecule is c1ccc(-n2c3ccccc3c3cc(-c4nc(-n5c6ccccc6c6ccc7sccc7c65)nc5ccccc45)ccc32)cc1. The minimum Gasteiger partial charge on any atom is -0.309 e. The van der Waals surface area contributed by atoms with Crippen LogP contribution in [0.3, 0.4) is 0 Å². The highest BCUT2D eigenvalue weighted by Gasteiger charge is 2.20. The van der Waals surface area contributed by atoms with Crippen molar-refractivity contribution in [2.75, 3.05) is 0 Å². The fourth-order valence-corrected chi connectivity index (χ4v) is 7.86. The van der Waals surface area contributed by atoms with Crippen LogP contribution in [0.15, 0.2) is 145 Å². The number of hydrogen-bond acceptors (Lipinski definition) is 3. The van der Waals surface area contributed by atoms with Gasteiger partial charge in [0.2, 0.25) is 5.95 Å². The fraction of sp³-hybridized carbons (Fsp3) is 0. The molecule has 0 unspecified atom stereocenters. The van der Waals surface area contributed by atoms with Gasteiger partial charge in [-0.15, -0.1) is 11.3 Å². The van der Waals surface area contributed by atoms with E-state index in [9.17, 15) is 0 Å². The summed E-state index contributed by atoms with van der Waals surface area (Å²) in [4.78, 5) is 10.6. The number of fused-ring (bicyclic) bond motifs is 9. The lowest BCUT2D eigenvalue weighted by atomic mass is 10.0. The van der Waals surface area contributed by atoms with Crippen LogP contribution < -0.4 is 0 Å². The van der Waals surface area contributed by atoms with Crippen LogP contribution >= 0.6 is 11.3 Å². The first-order valence-electron chi connectivity index (χ1n) is 15.1. The summed E-state index contributed by atoms with van der Waals surface area (Å²) in [6, 6.07) is 49.6. The molecular weight excluding hydrogens is 569 g/mol. The minimum atomic E-state index is 0.681. The summed E-state index contributed by atoms with van der Waals surface area (Å²) >= 11 is 1.76. The largest absolute Gasteiger partial charge is 0.309 e. The molecule has 0 fully saturated rings. The van der Waals surface area contributed by atoms with Crippen molar-refractivity contribution in [1.29, 1.82) is 0 Å². The second-order valence-electron chi connectivity index (χ2n) is 11.5. The van der Waals surface area contributed by atoms with Crippen molar-refractivity contribution in [1.82, 2.24) is 19.1 Å². The third-order valence-electron chi connectivity index (χ3n) is 9.02. The first-order chi connectivity index (χ1) is 22.3. The highest BCUT2D eigenvalue weighted by atomic mass is 32.1. The van der Waals surface area contributed by atoms with Crippen molar-refractivity contribution >= 4 is 75.9 Å². The number of hydrogen-bond donors (Lipinski definition) is 0. The molecule has 4 aromatic heterocycles. The van der Waals surface area contributed by atoms with Gasteiger partial charge in [-0.3, -0.25) is 4.57 Å². The Balaban J connectivity index is 1.29. The molecule has 0 amide bonds. The Labute approximate surface area is 262 Å². The number of thiophene rings is 1. The second-order valence-corrected chi connectivity index (χ2v) is 12.4.